The van der Waals surface area contributed by atoms with Gasteiger partial charge in [0.1, 0.15) is 11.9 Å². The van der Waals surface area contributed by atoms with Gasteiger partial charge in [0.05, 0.1) is 7.11 Å². The molecule has 2 aromatic carbocycles. The zero-order valence-corrected chi connectivity index (χ0v) is 22.8. The molecule has 0 aromatic heterocycles. The first-order chi connectivity index (χ1) is 18.5. The number of ether oxygens (including phenoxy) is 1. The Morgan fingerprint density at radius 3 is 2.41 bits per heavy atom. The van der Waals surface area contributed by atoms with Crippen molar-refractivity contribution in [3.8, 4) is 0 Å². The molecule has 0 bridgehead atoms. The number of anilines is 1. The maximum atomic E-state index is 13.9. The van der Waals surface area contributed by atoms with Gasteiger partial charge in [-0.15, -0.1) is 11.8 Å². The second-order valence-electron chi connectivity index (χ2n) is 9.64. The normalized spacial score (nSPS) is 16.6. The maximum absolute atomic E-state index is 13.9. The lowest BCUT2D eigenvalue weighted by Gasteiger charge is -2.24. The van der Waals surface area contributed by atoms with Crippen LogP contribution in [0.15, 0.2) is 36.4 Å². The molecule has 1 aliphatic rings. The predicted octanol–water partition coefficient (Wildman–Crippen LogP) is 3.19. The molecular weight excluding hydrogens is 533 g/mol. The van der Waals surface area contributed by atoms with Gasteiger partial charge >= 0.3 is 5.97 Å². The third kappa shape index (κ3) is 8.12. The molecule has 1 unspecified atom stereocenters. The van der Waals surface area contributed by atoms with Gasteiger partial charge in [0.2, 0.25) is 5.91 Å². The standard InChI is InChI=1S/C27H33F3N4O4S/c1-15(2)24(27(37)38-3)33-19-6-4-16(5-7-19)14-32-25(36)26-34(8-9-39-26)23(35)12-18(31)10-17-11-21(29)22(30)13-20(17)28/h4-7,11,13,15,18,24,26,33H,8-10,12,14,31H2,1-3H3,(H,32,36)/t18?,24-,26+/m1/s1. The van der Waals surface area contributed by atoms with Crippen molar-refractivity contribution in [2.24, 2.45) is 11.7 Å². The van der Waals surface area contributed by atoms with E-state index >= 15 is 0 Å². The molecule has 2 aromatic rings. The maximum Gasteiger partial charge on any atom is 0.328 e. The first-order valence-electron chi connectivity index (χ1n) is 12.5. The molecule has 0 radical (unpaired) electrons. The summed E-state index contributed by atoms with van der Waals surface area (Å²) in [6.07, 6.45) is -0.338. The fourth-order valence-electron chi connectivity index (χ4n) is 4.16. The van der Waals surface area contributed by atoms with Gasteiger partial charge in [0.15, 0.2) is 17.0 Å². The Kier molecular flexibility index (Phi) is 10.6. The number of hydrogen-bond acceptors (Lipinski definition) is 7. The van der Waals surface area contributed by atoms with Crippen molar-refractivity contribution in [2.75, 3.05) is 24.7 Å². The zero-order chi connectivity index (χ0) is 28.7. The van der Waals surface area contributed by atoms with E-state index in [1.165, 1.54) is 23.8 Å². The number of nitrogens with two attached hydrogens (primary N) is 1. The van der Waals surface area contributed by atoms with Gasteiger partial charge in [0.25, 0.3) is 5.91 Å². The fourth-order valence-corrected chi connectivity index (χ4v) is 5.32. The van der Waals surface area contributed by atoms with E-state index in [1.807, 2.05) is 26.0 Å². The number of carbonyl (C=O) groups excluding carboxylic acids is 3. The van der Waals surface area contributed by atoms with E-state index in [2.05, 4.69) is 10.6 Å². The molecule has 1 heterocycles. The Hall–Kier alpha value is -3.25. The van der Waals surface area contributed by atoms with Crippen molar-refractivity contribution < 1.29 is 32.3 Å². The van der Waals surface area contributed by atoms with E-state index in [1.54, 1.807) is 12.1 Å². The van der Waals surface area contributed by atoms with Crippen LogP contribution in [-0.2, 0) is 32.1 Å². The van der Waals surface area contributed by atoms with Crippen LogP contribution in [-0.4, -0.2) is 59.5 Å². The summed E-state index contributed by atoms with van der Waals surface area (Å²) < 4.78 is 45.4. The van der Waals surface area contributed by atoms with Crippen LogP contribution in [0.5, 0.6) is 0 Å². The number of carbonyl (C=O) groups is 3. The number of amides is 2. The Balaban J connectivity index is 1.52. The second kappa shape index (κ2) is 13.7. The third-order valence-corrected chi connectivity index (χ3v) is 7.51. The van der Waals surface area contributed by atoms with Crippen LogP contribution in [0.4, 0.5) is 18.9 Å². The topological polar surface area (TPSA) is 114 Å². The van der Waals surface area contributed by atoms with Crippen molar-refractivity contribution in [1.29, 1.82) is 0 Å². The molecule has 212 valence electrons. The Labute approximate surface area is 229 Å². The van der Waals surface area contributed by atoms with Gasteiger partial charge in [-0.2, -0.15) is 0 Å². The van der Waals surface area contributed by atoms with Gasteiger partial charge in [-0.3, -0.25) is 9.59 Å². The van der Waals surface area contributed by atoms with Crippen molar-refractivity contribution in [3.63, 3.8) is 0 Å². The summed E-state index contributed by atoms with van der Waals surface area (Å²) in [6, 6.07) is 7.10. The number of nitrogens with zero attached hydrogens (tertiary/aromatic N) is 1. The van der Waals surface area contributed by atoms with Crippen LogP contribution < -0.4 is 16.4 Å². The van der Waals surface area contributed by atoms with Gasteiger partial charge < -0.3 is 26.0 Å². The van der Waals surface area contributed by atoms with E-state index in [4.69, 9.17) is 10.5 Å². The highest BCUT2D eigenvalue weighted by Crippen LogP contribution is 2.25. The lowest BCUT2D eigenvalue weighted by molar-refractivity contribution is -0.142. The minimum Gasteiger partial charge on any atom is -0.467 e. The van der Waals surface area contributed by atoms with Crippen molar-refractivity contribution in [3.05, 3.63) is 65.0 Å². The molecule has 1 fully saturated rings. The monoisotopic (exact) mass is 566 g/mol. The van der Waals surface area contributed by atoms with Crippen LogP contribution in [0.1, 0.15) is 31.4 Å². The molecule has 12 heteroatoms. The van der Waals surface area contributed by atoms with E-state index in [-0.39, 0.29) is 48.7 Å². The fraction of sp³-hybridized carbons (Fsp3) is 0.444. The van der Waals surface area contributed by atoms with Gasteiger partial charge in [-0.25, -0.2) is 18.0 Å². The Morgan fingerprint density at radius 2 is 1.77 bits per heavy atom. The van der Waals surface area contributed by atoms with E-state index in [0.29, 0.717) is 18.4 Å². The molecule has 2 amide bonds. The molecule has 8 nitrogen and oxygen atoms in total. The molecule has 3 rings (SSSR count). The minimum atomic E-state index is -1.30. The largest absolute Gasteiger partial charge is 0.467 e. The summed E-state index contributed by atoms with van der Waals surface area (Å²) in [5.41, 5.74) is 7.44. The third-order valence-electron chi connectivity index (χ3n) is 6.31. The first kappa shape index (κ1) is 30.3. The van der Waals surface area contributed by atoms with Gasteiger partial charge in [-0.1, -0.05) is 26.0 Å². The zero-order valence-electron chi connectivity index (χ0n) is 22.0. The Bertz CT molecular complexity index is 1180. The highest BCUT2D eigenvalue weighted by atomic mass is 32.2. The molecule has 0 aliphatic carbocycles. The van der Waals surface area contributed by atoms with Crippen molar-refractivity contribution in [1.82, 2.24) is 10.2 Å². The summed E-state index contributed by atoms with van der Waals surface area (Å²) >= 11 is 1.32. The summed E-state index contributed by atoms with van der Waals surface area (Å²) in [5.74, 6) is -3.90. The van der Waals surface area contributed by atoms with Crippen LogP contribution in [0.2, 0.25) is 0 Å². The molecule has 0 saturated carbocycles. The average molecular weight is 567 g/mol. The van der Waals surface area contributed by atoms with Crippen molar-refractivity contribution in [2.45, 2.75) is 50.7 Å². The van der Waals surface area contributed by atoms with Crippen LogP contribution in [0.25, 0.3) is 0 Å². The molecule has 1 saturated heterocycles. The minimum absolute atomic E-state index is 0.0209. The number of rotatable bonds is 11. The Morgan fingerprint density at radius 1 is 1.10 bits per heavy atom. The van der Waals surface area contributed by atoms with E-state index in [9.17, 15) is 27.6 Å². The van der Waals surface area contributed by atoms with Crippen LogP contribution in [0, 0.1) is 23.4 Å². The average Bonchev–Trinajstić information content (AvgIpc) is 3.39. The van der Waals surface area contributed by atoms with Gasteiger partial charge in [-0.05, 0) is 41.7 Å². The second-order valence-corrected chi connectivity index (χ2v) is 10.8. The highest BCUT2D eigenvalue weighted by molar-refractivity contribution is 8.00. The number of hydrogen-bond donors (Lipinski definition) is 3. The molecule has 1 aliphatic heterocycles. The number of halogens is 3. The summed E-state index contributed by atoms with van der Waals surface area (Å²) in [7, 11) is 1.34. The summed E-state index contributed by atoms with van der Waals surface area (Å²) in [4.78, 5) is 39.1. The molecule has 0 spiro atoms. The van der Waals surface area contributed by atoms with Gasteiger partial charge in [0, 0.05) is 43.1 Å². The molecule has 4 N–H and O–H groups in total. The van der Waals surface area contributed by atoms with Crippen LogP contribution >= 0.6 is 11.8 Å². The molecule has 3 atom stereocenters. The first-order valence-corrected chi connectivity index (χ1v) is 13.6. The predicted molar refractivity (Wildman–Crippen MR) is 143 cm³/mol. The van der Waals surface area contributed by atoms with Crippen molar-refractivity contribution >= 4 is 35.2 Å². The molecular formula is C27H33F3N4O4S. The lowest BCUT2D eigenvalue weighted by atomic mass is 10.0. The van der Waals surface area contributed by atoms with E-state index < -0.39 is 34.9 Å². The highest BCUT2D eigenvalue weighted by Gasteiger charge is 2.35. The number of benzene rings is 2. The summed E-state index contributed by atoms with van der Waals surface area (Å²) in [5, 5.41) is 5.25. The van der Waals surface area contributed by atoms with Crippen LogP contribution in [0.3, 0.4) is 0 Å². The lowest BCUT2D eigenvalue weighted by Crippen LogP contribution is -2.46. The number of thioether (sulfide) groups is 1. The smallest absolute Gasteiger partial charge is 0.328 e. The molecule has 39 heavy (non-hydrogen) atoms. The number of esters is 1. The quantitative estimate of drug-likeness (QED) is 0.283. The summed E-state index contributed by atoms with van der Waals surface area (Å²) in [6.45, 7) is 4.41. The van der Waals surface area contributed by atoms with E-state index in [0.717, 1.165) is 17.3 Å². The number of methoxy groups -OCH3 is 1. The number of nitrogens with one attached hydrogen (secondary N) is 2. The SMILES string of the molecule is COC(=O)[C@H](Nc1ccc(CNC(=O)[C@@H]2SCCN2C(=O)CC(N)Cc2cc(F)c(F)cc2F)cc1)C(C)C.